The van der Waals surface area contributed by atoms with E-state index in [0.29, 0.717) is 0 Å². The van der Waals surface area contributed by atoms with E-state index in [4.69, 9.17) is 22.1 Å². The van der Waals surface area contributed by atoms with E-state index >= 15 is 0 Å². The van der Waals surface area contributed by atoms with Gasteiger partial charge >= 0.3 is 0 Å². The summed E-state index contributed by atoms with van der Waals surface area (Å²) in [7, 11) is 1.71. The second kappa shape index (κ2) is 6.44. The maximum atomic E-state index is 6.33. The summed E-state index contributed by atoms with van der Waals surface area (Å²) in [6, 6.07) is 2.10. The molecule has 0 bridgehead atoms. The van der Waals surface area contributed by atoms with Gasteiger partial charge in [0.1, 0.15) is 5.75 Å². The summed E-state index contributed by atoms with van der Waals surface area (Å²) in [5, 5.41) is 0.765. The smallest absolute Gasteiger partial charge is 0.140 e. The number of fused-ring (bicyclic) bond motifs is 1. The third-order valence-electron chi connectivity index (χ3n) is 3.75. The standard InChI is InChI=1S/C15H22ClNO/c1-18-15-13(8-4-5-9-17)12-7-3-2-6-11(12)10-14(15)16/h10H,2-9,17H2,1H3. The summed E-state index contributed by atoms with van der Waals surface area (Å²) in [5.74, 6) is 0.884. The van der Waals surface area contributed by atoms with Crippen molar-refractivity contribution < 1.29 is 4.74 Å². The Balaban J connectivity index is 2.35. The van der Waals surface area contributed by atoms with Gasteiger partial charge in [-0.2, -0.15) is 0 Å². The molecule has 2 rings (SSSR count). The molecule has 1 aromatic rings. The Morgan fingerprint density at radius 2 is 2.06 bits per heavy atom. The van der Waals surface area contributed by atoms with Crippen LogP contribution in [0.3, 0.4) is 0 Å². The highest BCUT2D eigenvalue weighted by Crippen LogP contribution is 2.38. The lowest BCUT2D eigenvalue weighted by Crippen LogP contribution is -2.09. The molecule has 1 aromatic carbocycles. The number of unbranched alkanes of at least 4 members (excludes halogenated alkanes) is 1. The SMILES string of the molecule is COc1c(Cl)cc2c(c1CCCCN)CCCC2. The quantitative estimate of drug-likeness (QED) is 0.829. The van der Waals surface area contributed by atoms with Crippen molar-refractivity contribution in [2.24, 2.45) is 5.73 Å². The molecule has 0 aromatic heterocycles. The Morgan fingerprint density at radius 3 is 2.78 bits per heavy atom. The van der Waals surface area contributed by atoms with E-state index in [-0.39, 0.29) is 0 Å². The number of rotatable bonds is 5. The van der Waals surface area contributed by atoms with Crippen molar-refractivity contribution in [3.05, 3.63) is 27.8 Å². The van der Waals surface area contributed by atoms with E-state index in [1.807, 2.05) is 0 Å². The summed E-state index contributed by atoms with van der Waals surface area (Å²) in [5.41, 5.74) is 9.81. The predicted octanol–water partition coefficient (Wildman–Crippen LogP) is 3.51. The minimum atomic E-state index is 0.755. The molecular formula is C15H22ClNO. The van der Waals surface area contributed by atoms with Crippen LogP contribution >= 0.6 is 11.6 Å². The molecule has 0 aliphatic heterocycles. The van der Waals surface area contributed by atoms with Gasteiger partial charge in [0.05, 0.1) is 12.1 Å². The molecule has 0 radical (unpaired) electrons. The number of methoxy groups -OCH3 is 1. The average Bonchev–Trinajstić information content (AvgIpc) is 2.38. The fourth-order valence-corrected chi connectivity index (χ4v) is 3.19. The summed E-state index contributed by atoms with van der Waals surface area (Å²) < 4.78 is 5.51. The zero-order valence-electron chi connectivity index (χ0n) is 11.1. The molecule has 0 heterocycles. The average molecular weight is 268 g/mol. The van der Waals surface area contributed by atoms with Gasteiger partial charge in [-0.1, -0.05) is 11.6 Å². The number of nitrogens with two attached hydrogens (primary N) is 1. The first-order chi connectivity index (χ1) is 8.77. The van der Waals surface area contributed by atoms with Crippen molar-refractivity contribution in [3.63, 3.8) is 0 Å². The molecule has 0 fully saturated rings. The van der Waals surface area contributed by atoms with Crippen molar-refractivity contribution in [2.75, 3.05) is 13.7 Å². The van der Waals surface area contributed by atoms with Gasteiger partial charge in [0.15, 0.2) is 0 Å². The Morgan fingerprint density at radius 1 is 1.28 bits per heavy atom. The lowest BCUT2D eigenvalue weighted by Gasteiger charge is -2.23. The van der Waals surface area contributed by atoms with Crippen LogP contribution in [-0.4, -0.2) is 13.7 Å². The third-order valence-corrected chi connectivity index (χ3v) is 4.03. The van der Waals surface area contributed by atoms with Gasteiger partial charge in [-0.05, 0) is 74.2 Å². The maximum absolute atomic E-state index is 6.33. The Bertz CT molecular complexity index is 417. The van der Waals surface area contributed by atoms with Crippen LogP contribution in [0.4, 0.5) is 0 Å². The van der Waals surface area contributed by atoms with Crippen LogP contribution in [0.25, 0.3) is 0 Å². The first-order valence-corrected chi connectivity index (χ1v) is 7.23. The second-order valence-electron chi connectivity index (χ2n) is 4.96. The molecular weight excluding hydrogens is 246 g/mol. The fraction of sp³-hybridized carbons (Fsp3) is 0.600. The molecule has 0 atom stereocenters. The minimum absolute atomic E-state index is 0.755. The predicted molar refractivity (Wildman–Crippen MR) is 76.6 cm³/mol. The molecule has 0 saturated heterocycles. The molecule has 1 aliphatic rings. The topological polar surface area (TPSA) is 35.2 Å². The molecule has 0 spiro atoms. The normalized spacial score (nSPS) is 14.4. The zero-order valence-corrected chi connectivity index (χ0v) is 11.9. The van der Waals surface area contributed by atoms with Gasteiger partial charge in [-0.15, -0.1) is 0 Å². The largest absolute Gasteiger partial charge is 0.495 e. The monoisotopic (exact) mass is 267 g/mol. The maximum Gasteiger partial charge on any atom is 0.140 e. The lowest BCUT2D eigenvalue weighted by molar-refractivity contribution is 0.407. The molecule has 0 unspecified atom stereocenters. The first-order valence-electron chi connectivity index (χ1n) is 6.85. The van der Waals surface area contributed by atoms with Gasteiger partial charge < -0.3 is 10.5 Å². The molecule has 0 amide bonds. The summed E-state index contributed by atoms with van der Waals surface area (Å²) in [6.45, 7) is 0.755. The highest BCUT2D eigenvalue weighted by Gasteiger charge is 2.19. The van der Waals surface area contributed by atoms with Gasteiger partial charge in [0.2, 0.25) is 0 Å². The van der Waals surface area contributed by atoms with Crippen LogP contribution in [0.1, 0.15) is 42.4 Å². The molecule has 2 nitrogen and oxygen atoms in total. The van der Waals surface area contributed by atoms with Crippen LogP contribution in [0.15, 0.2) is 6.07 Å². The van der Waals surface area contributed by atoms with Crippen LogP contribution in [0, 0.1) is 0 Å². The Hall–Kier alpha value is -0.730. The number of aryl methyl sites for hydroxylation is 1. The van der Waals surface area contributed by atoms with Crippen LogP contribution in [0.5, 0.6) is 5.75 Å². The molecule has 18 heavy (non-hydrogen) atoms. The van der Waals surface area contributed by atoms with E-state index in [0.717, 1.165) is 43.0 Å². The Kier molecular flexibility index (Phi) is 4.90. The van der Waals surface area contributed by atoms with Gasteiger partial charge in [0, 0.05) is 0 Å². The highest BCUT2D eigenvalue weighted by molar-refractivity contribution is 6.32. The zero-order chi connectivity index (χ0) is 13.0. The van der Waals surface area contributed by atoms with Crippen molar-refractivity contribution in [3.8, 4) is 5.75 Å². The van der Waals surface area contributed by atoms with E-state index in [2.05, 4.69) is 6.07 Å². The molecule has 100 valence electrons. The fourth-order valence-electron chi connectivity index (χ4n) is 2.86. The number of benzene rings is 1. The van der Waals surface area contributed by atoms with Crippen LogP contribution in [-0.2, 0) is 19.3 Å². The van der Waals surface area contributed by atoms with Gasteiger partial charge in [-0.3, -0.25) is 0 Å². The van der Waals surface area contributed by atoms with Crippen LogP contribution < -0.4 is 10.5 Å². The van der Waals surface area contributed by atoms with E-state index < -0.39 is 0 Å². The Labute approximate surface area is 114 Å². The number of halogens is 1. The summed E-state index contributed by atoms with van der Waals surface area (Å²) >= 11 is 6.33. The lowest BCUT2D eigenvalue weighted by atomic mass is 9.86. The summed E-state index contributed by atoms with van der Waals surface area (Å²) in [6.07, 6.45) is 8.08. The third kappa shape index (κ3) is 2.81. The van der Waals surface area contributed by atoms with Gasteiger partial charge in [0.25, 0.3) is 0 Å². The first kappa shape index (κ1) is 13.7. The highest BCUT2D eigenvalue weighted by atomic mass is 35.5. The molecule has 3 heteroatoms. The number of hydrogen-bond donors (Lipinski definition) is 1. The molecule has 0 saturated carbocycles. The van der Waals surface area contributed by atoms with Crippen LogP contribution in [0.2, 0.25) is 5.02 Å². The van der Waals surface area contributed by atoms with Gasteiger partial charge in [-0.25, -0.2) is 0 Å². The summed E-state index contributed by atoms with van der Waals surface area (Å²) in [4.78, 5) is 0. The van der Waals surface area contributed by atoms with E-state index in [1.165, 1.54) is 36.0 Å². The van der Waals surface area contributed by atoms with Crippen molar-refractivity contribution in [1.29, 1.82) is 0 Å². The molecule has 2 N–H and O–H groups in total. The molecule has 1 aliphatic carbocycles. The van der Waals surface area contributed by atoms with Crippen molar-refractivity contribution in [1.82, 2.24) is 0 Å². The van der Waals surface area contributed by atoms with E-state index in [1.54, 1.807) is 7.11 Å². The minimum Gasteiger partial charge on any atom is -0.495 e. The number of ether oxygens (including phenoxy) is 1. The second-order valence-corrected chi connectivity index (χ2v) is 5.37. The van der Waals surface area contributed by atoms with Crippen molar-refractivity contribution >= 4 is 11.6 Å². The van der Waals surface area contributed by atoms with E-state index in [9.17, 15) is 0 Å². The van der Waals surface area contributed by atoms with Crippen molar-refractivity contribution in [2.45, 2.75) is 44.9 Å². The number of hydrogen-bond acceptors (Lipinski definition) is 2.